The van der Waals surface area contributed by atoms with Crippen LogP contribution in [0.25, 0.3) is 0 Å². The molecule has 2 heterocycles. The SMILES string of the molecule is CCc1cnc(N2[C@H](C#N)[C@@H](c3ccc(C#CC(C)C)cc3)[C@H]2CO)s1. The average Bonchev–Trinajstić information content (AvgIpc) is 3.09. The molecular formula is C21H23N3OS. The maximum absolute atomic E-state index is 9.93. The molecule has 1 N–H and O–H groups in total. The lowest BCUT2D eigenvalue weighted by atomic mass is 9.76. The second-order valence-corrected chi connectivity index (χ2v) is 7.86. The van der Waals surface area contributed by atoms with Gasteiger partial charge in [-0.25, -0.2) is 4.98 Å². The monoisotopic (exact) mass is 365 g/mol. The summed E-state index contributed by atoms with van der Waals surface area (Å²) in [6, 6.07) is 10.0. The van der Waals surface area contributed by atoms with E-state index in [1.54, 1.807) is 11.3 Å². The summed E-state index contributed by atoms with van der Waals surface area (Å²) >= 11 is 1.60. The average molecular weight is 366 g/mol. The Morgan fingerprint density at radius 1 is 1.31 bits per heavy atom. The van der Waals surface area contributed by atoms with Gasteiger partial charge in [-0.2, -0.15) is 5.26 Å². The number of aryl methyl sites for hydroxylation is 1. The van der Waals surface area contributed by atoms with E-state index < -0.39 is 0 Å². The second-order valence-electron chi connectivity index (χ2n) is 6.77. The van der Waals surface area contributed by atoms with Crippen molar-refractivity contribution in [2.24, 2.45) is 5.92 Å². The van der Waals surface area contributed by atoms with Gasteiger partial charge in [0.2, 0.25) is 0 Å². The molecule has 0 spiro atoms. The number of nitriles is 1. The maximum Gasteiger partial charge on any atom is 0.186 e. The summed E-state index contributed by atoms with van der Waals surface area (Å²) in [6.07, 6.45) is 2.78. The fourth-order valence-electron chi connectivity index (χ4n) is 3.27. The third kappa shape index (κ3) is 3.46. The van der Waals surface area contributed by atoms with Gasteiger partial charge in [-0.15, -0.1) is 11.3 Å². The largest absolute Gasteiger partial charge is 0.394 e. The van der Waals surface area contributed by atoms with Crippen LogP contribution in [0.5, 0.6) is 0 Å². The number of aromatic nitrogens is 1. The number of hydrogen-bond donors (Lipinski definition) is 1. The third-order valence-corrected chi connectivity index (χ3v) is 5.80. The van der Waals surface area contributed by atoms with Gasteiger partial charge in [0, 0.05) is 28.5 Å². The molecule has 3 atom stereocenters. The van der Waals surface area contributed by atoms with Crippen LogP contribution in [0, 0.1) is 29.1 Å². The van der Waals surface area contributed by atoms with Crippen LogP contribution < -0.4 is 4.90 Å². The molecule has 1 aliphatic rings. The number of benzene rings is 1. The zero-order valence-electron chi connectivity index (χ0n) is 15.3. The third-order valence-electron chi connectivity index (χ3n) is 4.64. The number of aliphatic hydroxyl groups is 1. The Hall–Kier alpha value is -2.34. The van der Waals surface area contributed by atoms with Crippen LogP contribution in [0.15, 0.2) is 30.5 Å². The molecule has 1 aliphatic heterocycles. The minimum absolute atomic E-state index is 0.00120. The van der Waals surface area contributed by atoms with Crippen LogP contribution in [0.1, 0.15) is 42.7 Å². The Labute approximate surface area is 159 Å². The van der Waals surface area contributed by atoms with Crippen molar-refractivity contribution in [2.45, 2.75) is 45.2 Å². The first-order valence-electron chi connectivity index (χ1n) is 8.94. The van der Waals surface area contributed by atoms with Crippen LogP contribution in [-0.4, -0.2) is 28.8 Å². The van der Waals surface area contributed by atoms with E-state index in [-0.39, 0.29) is 24.6 Å². The maximum atomic E-state index is 9.93. The summed E-state index contributed by atoms with van der Waals surface area (Å²) < 4.78 is 0. The fourth-order valence-corrected chi connectivity index (χ4v) is 4.21. The number of aliphatic hydroxyl groups excluding tert-OH is 1. The van der Waals surface area contributed by atoms with Gasteiger partial charge in [0.1, 0.15) is 6.04 Å². The summed E-state index contributed by atoms with van der Waals surface area (Å²) in [5.74, 6) is 6.63. The molecule has 0 radical (unpaired) electrons. The Morgan fingerprint density at radius 2 is 2.04 bits per heavy atom. The van der Waals surface area contributed by atoms with Gasteiger partial charge in [-0.05, 0) is 24.1 Å². The van der Waals surface area contributed by atoms with Crippen molar-refractivity contribution < 1.29 is 5.11 Å². The van der Waals surface area contributed by atoms with Crippen LogP contribution in [0.2, 0.25) is 0 Å². The summed E-state index contributed by atoms with van der Waals surface area (Å²) in [6.45, 7) is 6.22. The summed E-state index contributed by atoms with van der Waals surface area (Å²) in [7, 11) is 0. The molecule has 1 aromatic carbocycles. The summed E-state index contributed by atoms with van der Waals surface area (Å²) in [5.41, 5.74) is 2.04. The molecule has 0 saturated carbocycles. The van der Waals surface area contributed by atoms with Crippen molar-refractivity contribution in [3.8, 4) is 17.9 Å². The number of thiazole rings is 1. The highest BCUT2D eigenvalue weighted by atomic mass is 32.1. The van der Waals surface area contributed by atoms with Crippen molar-refractivity contribution in [2.75, 3.05) is 11.5 Å². The Bertz CT molecular complexity index is 854. The predicted molar refractivity (Wildman–Crippen MR) is 105 cm³/mol. The molecule has 134 valence electrons. The Morgan fingerprint density at radius 3 is 2.58 bits per heavy atom. The van der Waals surface area contributed by atoms with Gasteiger partial charge < -0.3 is 10.0 Å². The van der Waals surface area contributed by atoms with E-state index >= 15 is 0 Å². The lowest BCUT2D eigenvalue weighted by Crippen LogP contribution is -2.63. The number of nitrogens with zero attached hydrogens (tertiary/aromatic N) is 3. The van der Waals surface area contributed by atoms with Crippen molar-refractivity contribution in [1.29, 1.82) is 5.26 Å². The van der Waals surface area contributed by atoms with Gasteiger partial charge in [0.05, 0.1) is 18.7 Å². The molecule has 1 saturated heterocycles. The summed E-state index contributed by atoms with van der Waals surface area (Å²) in [5, 5.41) is 20.5. The van der Waals surface area contributed by atoms with Crippen LogP contribution >= 0.6 is 11.3 Å². The number of rotatable bonds is 4. The molecule has 1 fully saturated rings. The Kier molecular flexibility index (Phi) is 5.61. The molecule has 0 unspecified atom stereocenters. The van der Waals surface area contributed by atoms with E-state index in [1.165, 1.54) is 4.88 Å². The van der Waals surface area contributed by atoms with Gasteiger partial charge in [0.25, 0.3) is 0 Å². The van der Waals surface area contributed by atoms with Crippen LogP contribution in [-0.2, 0) is 6.42 Å². The van der Waals surface area contributed by atoms with E-state index in [0.717, 1.165) is 22.7 Å². The molecule has 0 amide bonds. The number of anilines is 1. The van der Waals surface area contributed by atoms with Gasteiger partial charge in [0.15, 0.2) is 5.13 Å². The highest BCUT2D eigenvalue weighted by Crippen LogP contribution is 2.44. The van der Waals surface area contributed by atoms with Crippen molar-refractivity contribution in [3.05, 3.63) is 46.5 Å². The lowest BCUT2D eigenvalue weighted by molar-refractivity contribution is 0.187. The van der Waals surface area contributed by atoms with Crippen LogP contribution in [0.3, 0.4) is 0 Å². The van der Waals surface area contributed by atoms with E-state index in [0.29, 0.717) is 5.92 Å². The van der Waals surface area contributed by atoms with Crippen molar-refractivity contribution in [1.82, 2.24) is 4.98 Å². The highest BCUT2D eigenvalue weighted by Gasteiger charge is 2.50. The molecule has 1 aromatic heterocycles. The smallest absolute Gasteiger partial charge is 0.186 e. The minimum Gasteiger partial charge on any atom is -0.394 e. The molecule has 0 bridgehead atoms. The molecular weight excluding hydrogens is 342 g/mol. The molecule has 0 aliphatic carbocycles. The molecule has 26 heavy (non-hydrogen) atoms. The van der Waals surface area contributed by atoms with E-state index in [4.69, 9.17) is 0 Å². The zero-order chi connectivity index (χ0) is 18.7. The highest BCUT2D eigenvalue weighted by molar-refractivity contribution is 7.15. The molecule has 2 aromatic rings. The summed E-state index contributed by atoms with van der Waals surface area (Å²) in [4.78, 5) is 7.60. The van der Waals surface area contributed by atoms with Gasteiger partial charge in [-0.1, -0.05) is 44.7 Å². The van der Waals surface area contributed by atoms with Crippen molar-refractivity contribution in [3.63, 3.8) is 0 Å². The lowest BCUT2D eigenvalue weighted by Gasteiger charge is -2.51. The topological polar surface area (TPSA) is 60.2 Å². The first-order chi connectivity index (χ1) is 12.6. The minimum atomic E-state index is -0.310. The molecule has 4 nitrogen and oxygen atoms in total. The van der Waals surface area contributed by atoms with E-state index in [2.05, 4.69) is 43.7 Å². The zero-order valence-corrected chi connectivity index (χ0v) is 16.1. The second kappa shape index (κ2) is 7.91. The van der Waals surface area contributed by atoms with Gasteiger partial charge in [-0.3, -0.25) is 0 Å². The van der Waals surface area contributed by atoms with Crippen molar-refractivity contribution >= 4 is 16.5 Å². The quantitative estimate of drug-likeness (QED) is 0.842. The predicted octanol–water partition coefficient (Wildman–Crippen LogP) is 3.57. The Balaban J connectivity index is 1.84. The standard InChI is InChI=1S/C21H23N3OS/c1-4-17-12-23-21(26-17)24-18(11-22)20(19(24)13-25)16-9-7-15(8-10-16)6-5-14(2)3/h7-10,12,14,18-20,25H,4,13H2,1-3H3/t18-,19-,20-/m1/s1. The molecule has 5 heteroatoms. The van der Waals surface area contributed by atoms with Crippen LogP contribution in [0.4, 0.5) is 5.13 Å². The van der Waals surface area contributed by atoms with E-state index in [1.807, 2.05) is 35.4 Å². The normalized spacial score (nSPS) is 21.7. The van der Waals surface area contributed by atoms with Gasteiger partial charge >= 0.3 is 0 Å². The first kappa shape index (κ1) is 18.5. The fraction of sp³-hybridized carbons (Fsp3) is 0.429. The first-order valence-corrected chi connectivity index (χ1v) is 9.75. The van der Waals surface area contributed by atoms with E-state index in [9.17, 15) is 10.4 Å². The molecule has 3 rings (SSSR count). The number of hydrogen-bond acceptors (Lipinski definition) is 5.